The molecule has 0 aliphatic carbocycles. The Bertz CT molecular complexity index is 1040. The number of aliphatic carboxylic acids is 1. The topological polar surface area (TPSA) is 128 Å². The van der Waals surface area contributed by atoms with Crippen molar-refractivity contribution in [1.29, 1.82) is 0 Å². The Morgan fingerprint density at radius 3 is 2.41 bits per heavy atom. The minimum absolute atomic E-state index is 0.0221. The van der Waals surface area contributed by atoms with Gasteiger partial charge in [0.05, 0.1) is 23.8 Å². The van der Waals surface area contributed by atoms with Crippen LogP contribution in [0.2, 0.25) is 0 Å². The van der Waals surface area contributed by atoms with Crippen molar-refractivity contribution < 1.29 is 24.3 Å². The third-order valence-corrected chi connectivity index (χ3v) is 5.54. The maximum Gasteiger partial charge on any atom is 0.303 e. The number of carbonyl (C=O) groups is 4. The summed E-state index contributed by atoms with van der Waals surface area (Å²) < 4.78 is 0. The van der Waals surface area contributed by atoms with Gasteiger partial charge in [-0.1, -0.05) is 18.2 Å². The standard InChI is InChI=1S/C22H22N4O5S/c1-14(32-17-9-7-15(8-10-17)23-19(27)11-12-21(29)30)22(31)24-18-13-20(28)26(25-18)16-5-3-2-4-6-16/h2-10,14H,11-13H2,1H3,(H,23,27)(H,29,30)(H,24,25,31). The van der Waals surface area contributed by atoms with Crippen LogP contribution < -0.4 is 15.6 Å². The summed E-state index contributed by atoms with van der Waals surface area (Å²) in [5.41, 5.74) is 1.18. The molecule has 166 valence electrons. The number of anilines is 2. The summed E-state index contributed by atoms with van der Waals surface area (Å²) in [6.45, 7) is 1.74. The van der Waals surface area contributed by atoms with E-state index in [1.807, 2.05) is 6.07 Å². The highest BCUT2D eigenvalue weighted by Gasteiger charge is 2.27. The zero-order chi connectivity index (χ0) is 23.1. The summed E-state index contributed by atoms with van der Waals surface area (Å²) in [6.07, 6.45) is -0.308. The SMILES string of the molecule is CC(Sc1ccc(NC(=O)CCC(=O)O)cc1)C(=O)NC1=NN(c2ccccc2)C(=O)C1. The number of carboxylic acids is 1. The zero-order valence-corrected chi connectivity index (χ0v) is 18.1. The predicted molar refractivity (Wildman–Crippen MR) is 121 cm³/mol. The molecule has 9 nitrogen and oxygen atoms in total. The molecule has 1 unspecified atom stereocenters. The number of benzene rings is 2. The quantitative estimate of drug-likeness (QED) is 0.526. The molecule has 2 aromatic carbocycles. The van der Waals surface area contributed by atoms with E-state index in [0.29, 0.717) is 17.2 Å². The number of nitrogens with zero attached hydrogens (tertiary/aromatic N) is 2. The molecule has 0 bridgehead atoms. The van der Waals surface area contributed by atoms with Crippen molar-refractivity contribution in [3.05, 3.63) is 54.6 Å². The van der Waals surface area contributed by atoms with Crippen molar-refractivity contribution in [3.63, 3.8) is 0 Å². The van der Waals surface area contributed by atoms with Gasteiger partial charge in [-0.3, -0.25) is 19.2 Å². The fourth-order valence-electron chi connectivity index (χ4n) is 2.83. The van der Waals surface area contributed by atoms with Crippen LogP contribution in [0.4, 0.5) is 11.4 Å². The lowest BCUT2D eigenvalue weighted by molar-refractivity contribution is -0.138. The van der Waals surface area contributed by atoms with Crippen LogP contribution in [0.25, 0.3) is 0 Å². The molecule has 1 aliphatic rings. The Balaban J connectivity index is 1.52. The van der Waals surface area contributed by atoms with Crippen molar-refractivity contribution in [2.75, 3.05) is 10.3 Å². The predicted octanol–water partition coefficient (Wildman–Crippen LogP) is 2.84. The van der Waals surface area contributed by atoms with Gasteiger partial charge in [0.15, 0.2) is 0 Å². The normalized spacial score (nSPS) is 14.0. The zero-order valence-electron chi connectivity index (χ0n) is 17.3. The van der Waals surface area contributed by atoms with Gasteiger partial charge in [-0.25, -0.2) is 0 Å². The largest absolute Gasteiger partial charge is 0.481 e. The third-order valence-electron chi connectivity index (χ3n) is 4.43. The number of thioether (sulfide) groups is 1. The highest BCUT2D eigenvalue weighted by Crippen LogP contribution is 2.25. The number of amides is 3. The van der Waals surface area contributed by atoms with E-state index in [1.54, 1.807) is 55.5 Å². The molecule has 32 heavy (non-hydrogen) atoms. The smallest absolute Gasteiger partial charge is 0.303 e. The number of hydrogen-bond acceptors (Lipinski definition) is 6. The number of carbonyl (C=O) groups excluding carboxylic acids is 3. The van der Waals surface area contributed by atoms with Gasteiger partial charge >= 0.3 is 5.97 Å². The Hall–Kier alpha value is -3.66. The molecule has 0 aromatic heterocycles. The highest BCUT2D eigenvalue weighted by molar-refractivity contribution is 8.00. The molecular weight excluding hydrogens is 432 g/mol. The summed E-state index contributed by atoms with van der Waals surface area (Å²) in [5, 5.41) is 19.0. The lowest BCUT2D eigenvalue weighted by Gasteiger charge is -2.12. The number of amidine groups is 1. The molecule has 10 heteroatoms. The lowest BCUT2D eigenvalue weighted by Crippen LogP contribution is -2.35. The first-order chi connectivity index (χ1) is 15.3. The fourth-order valence-corrected chi connectivity index (χ4v) is 3.70. The minimum atomic E-state index is -1.03. The van der Waals surface area contributed by atoms with E-state index in [0.717, 1.165) is 4.90 Å². The Kier molecular flexibility index (Phi) is 7.61. The Morgan fingerprint density at radius 1 is 1.06 bits per heavy atom. The molecule has 0 saturated heterocycles. The molecule has 3 amide bonds. The second-order valence-electron chi connectivity index (χ2n) is 6.98. The number of nitrogens with one attached hydrogen (secondary N) is 2. The van der Waals surface area contributed by atoms with E-state index < -0.39 is 11.2 Å². The van der Waals surface area contributed by atoms with Crippen molar-refractivity contribution in [2.24, 2.45) is 5.10 Å². The first-order valence-electron chi connectivity index (χ1n) is 9.86. The van der Waals surface area contributed by atoms with E-state index in [9.17, 15) is 19.2 Å². The molecule has 0 fully saturated rings. The van der Waals surface area contributed by atoms with Crippen LogP contribution in [-0.4, -0.2) is 39.9 Å². The van der Waals surface area contributed by atoms with Gasteiger partial charge in [0.1, 0.15) is 5.84 Å². The van der Waals surface area contributed by atoms with Crippen LogP contribution in [0.1, 0.15) is 26.2 Å². The van der Waals surface area contributed by atoms with Gasteiger partial charge in [0.25, 0.3) is 5.91 Å². The maximum absolute atomic E-state index is 12.5. The number of hydrazone groups is 1. The summed E-state index contributed by atoms with van der Waals surface area (Å²) in [6, 6.07) is 15.9. The fraction of sp³-hybridized carbons (Fsp3) is 0.227. The monoisotopic (exact) mass is 454 g/mol. The van der Waals surface area contributed by atoms with E-state index in [-0.39, 0.29) is 37.0 Å². The van der Waals surface area contributed by atoms with Gasteiger partial charge in [-0.05, 0) is 43.3 Å². The van der Waals surface area contributed by atoms with Gasteiger partial charge in [-0.15, -0.1) is 11.8 Å². The second kappa shape index (κ2) is 10.6. The molecule has 3 N–H and O–H groups in total. The van der Waals surface area contributed by atoms with Crippen molar-refractivity contribution in [2.45, 2.75) is 36.3 Å². The van der Waals surface area contributed by atoms with Gasteiger partial charge in [0.2, 0.25) is 11.8 Å². The molecule has 3 rings (SSSR count). The van der Waals surface area contributed by atoms with E-state index in [4.69, 9.17) is 5.11 Å². The molecule has 0 spiro atoms. The van der Waals surface area contributed by atoms with Crippen molar-refractivity contribution in [1.82, 2.24) is 5.32 Å². The highest BCUT2D eigenvalue weighted by atomic mass is 32.2. The Morgan fingerprint density at radius 2 is 1.75 bits per heavy atom. The van der Waals surface area contributed by atoms with Crippen LogP contribution in [-0.2, 0) is 19.2 Å². The summed E-state index contributed by atoms with van der Waals surface area (Å²) in [7, 11) is 0. The number of hydrogen-bond donors (Lipinski definition) is 3. The first-order valence-corrected chi connectivity index (χ1v) is 10.7. The minimum Gasteiger partial charge on any atom is -0.481 e. The number of carboxylic acid groups (broad SMARTS) is 1. The summed E-state index contributed by atoms with van der Waals surface area (Å²) in [5.74, 6) is -1.59. The number of rotatable bonds is 8. The maximum atomic E-state index is 12.5. The van der Waals surface area contributed by atoms with Crippen LogP contribution >= 0.6 is 11.8 Å². The van der Waals surface area contributed by atoms with Gasteiger partial charge in [0, 0.05) is 17.0 Å². The van der Waals surface area contributed by atoms with Crippen molar-refractivity contribution >= 4 is 52.7 Å². The van der Waals surface area contributed by atoms with Gasteiger partial charge < -0.3 is 15.7 Å². The van der Waals surface area contributed by atoms with Crippen molar-refractivity contribution in [3.8, 4) is 0 Å². The lowest BCUT2D eigenvalue weighted by atomic mass is 10.2. The molecule has 1 atom stereocenters. The number of para-hydroxylation sites is 1. The van der Waals surface area contributed by atoms with E-state index in [2.05, 4.69) is 15.7 Å². The van der Waals surface area contributed by atoms with Gasteiger partial charge in [-0.2, -0.15) is 10.1 Å². The van der Waals surface area contributed by atoms with E-state index >= 15 is 0 Å². The molecular formula is C22H22N4O5S. The van der Waals surface area contributed by atoms with Crippen LogP contribution in [0.15, 0.2) is 64.6 Å². The Labute approximate surface area is 188 Å². The van der Waals surface area contributed by atoms with Crippen LogP contribution in [0.5, 0.6) is 0 Å². The van der Waals surface area contributed by atoms with E-state index in [1.165, 1.54) is 16.8 Å². The molecule has 1 heterocycles. The average molecular weight is 455 g/mol. The molecule has 0 radical (unpaired) electrons. The van der Waals surface area contributed by atoms with Crippen LogP contribution in [0, 0.1) is 0 Å². The third kappa shape index (κ3) is 6.42. The molecule has 2 aromatic rings. The first kappa shape index (κ1) is 23.0. The molecule has 0 saturated carbocycles. The second-order valence-corrected chi connectivity index (χ2v) is 8.39. The van der Waals surface area contributed by atoms with Crippen LogP contribution in [0.3, 0.4) is 0 Å². The summed E-state index contributed by atoms with van der Waals surface area (Å²) >= 11 is 1.32. The summed E-state index contributed by atoms with van der Waals surface area (Å²) in [4.78, 5) is 47.8. The molecule has 1 aliphatic heterocycles. The average Bonchev–Trinajstić information content (AvgIpc) is 3.14.